The van der Waals surface area contributed by atoms with Crippen LogP contribution >= 0.6 is 0 Å². The quantitative estimate of drug-likeness (QED) is 0.607. The lowest BCUT2D eigenvalue weighted by molar-refractivity contribution is -0.122. The van der Waals surface area contributed by atoms with Crippen molar-refractivity contribution in [2.45, 2.75) is 51.1 Å². The molecule has 0 bridgehead atoms. The van der Waals surface area contributed by atoms with Gasteiger partial charge in [0.15, 0.2) is 0 Å². The molecule has 0 radical (unpaired) electrons. The summed E-state index contributed by atoms with van der Waals surface area (Å²) in [6.07, 6.45) is 8.08. The van der Waals surface area contributed by atoms with E-state index in [9.17, 15) is 4.79 Å². The molecule has 1 amide bonds. The van der Waals surface area contributed by atoms with Gasteiger partial charge < -0.3 is 16.0 Å². The van der Waals surface area contributed by atoms with E-state index < -0.39 is 5.54 Å². The second-order valence-corrected chi connectivity index (χ2v) is 5.32. The summed E-state index contributed by atoms with van der Waals surface area (Å²) < 4.78 is 0. The van der Waals surface area contributed by atoms with Crippen molar-refractivity contribution in [3.05, 3.63) is 0 Å². The fraction of sp³-hybridized carbons (Fsp3) is 0.786. The highest BCUT2D eigenvalue weighted by atomic mass is 16.2. The van der Waals surface area contributed by atoms with E-state index in [1.54, 1.807) is 0 Å². The summed E-state index contributed by atoms with van der Waals surface area (Å²) in [4.78, 5) is 11.9. The van der Waals surface area contributed by atoms with Crippen LogP contribution in [0.4, 0.5) is 0 Å². The SMILES string of the molecule is C#CC(CC)(CC)NC(=O)CNC1(C)CCNC1. The monoisotopic (exact) mass is 251 g/mol. The summed E-state index contributed by atoms with van der Waals surface area (Å²) in [6, 6.07) is 0. The van der Waals surface area contributed by atoms with Crippen LogP contribution in [-0.4, -0.2) is 36.6 Å². The zero-order chi connectivity index (χ0) is 13.6. The second-order valence-electron chi connectivity index (χ2n) is 5.32. The average molecular weight is 251 g/mol. The largest absolute Gasteiger partial charge is 0.339 e. The molecule has 1 unspecified atom stereocenters. The van der Waals surface area contributed by atoms with Crippen molar-refractivity contribution < 1.29 is 4.79 Å². The third kappa shape index (κ3) is 3.72. The van der Waals surface area contributed by atoms with Crippen molar-refractivity contribution in [2.75, 3.05) is 19.6 Å². The lowest BCUT2D eigenvalue weighted by Crippen LogP contribution is -2.53. The number of nitrogens with one attached hydrogen (secondary N) is 3. The number of carbonyl (C=O) groups is 1. The number of rotatable bonds is 6. The molecular formula is C14H25N3O. The first-order valence-corrected chi connectivity index (χ1v) is 6.74. The van der Waals surface area contributed by atoms with Gasteiger partial charge in [0.1, 0.15) is 5.54 Å². The van der Waals surface area contributed by atoms with Gasteiger partial charge in [0.2, 0.25) is 5.91 Å². The average Bonchev–Trinajstić information content (AvgIpc) is 2.81. The standard InChI is InChI=1S/C14H25N3O/c1-5-14(6-2,7-3)17-12(18)10-16-13(4)8-9-15-11-13/h1,15-16H,6-11H2,2-4H3,(H,17,18). The Labute approximate surface area is 110 Å². The lowest BCUT2D eigenvalue weighted by atomic mass is 9.94. The van der Waals surface area contributed by atoms with Gasteiger partial charge >= 0.3 is 0 Å². The Kier molecular flexibility index (Phi) is 5.18. The van der Waals surface area contributed by atoms with Crippen molar-refractivity contribution in [1.29, 1.82) is 0 Å². The predicted molar refractivity (Wildman–Crippen MR) is 74.2 cm³/mol. The molecule has 4 nitrogen and oxygen atoms in total. The highest BCUT2D eigenvalue weighted by molar-refractivity contribution is 5.79. The minimum atomic E-state index is -0.492. The lowest BCUT2D eigenvalue weighted by Gasteiger charge is -2.29. The summed E-state index contributed by atoms with van der Waals surface area (Å²) in [7, 11) is 0. The maximum absolute atomic E-state index is 11.9. The Morgan fingerprint density at radius 1 is 1.50 bits per heavy atom. The molecule has 0 aromatic heterocycles. The van der Waals surface area contributed by atoms with E-state index in [1.807, 2.05) is 13.8 Å². The van der Waals surface area contributed by atoms with Gasteiger partial charge in [-0.3, -0.25) is 4.79 Å². The third-order valence-electron chi connectivity index (χ3n) is 3.91. The molecule has 0 spiro atoms. The number of amides is 1. The Hall–Kier alpha value is -1.05. The molecule has 1 aliphatic heterocycles. The number of carbonyl (C=O) groups excluding carboxylic acids is 1. The van der Waals surface area contributed by atoms with Crippen LogP contribution in [0, 0.1) is 12.3 Å². The molecule has 1 heterocycles. The fourth-order valence-electron chi connectivity index (χ4n) is 2.24. The van der Waals surface area contributed by atoms with Crippen molar-refractivity contribution in [3.63, 3.8) is 0 Å². The van der Waals surface area contributed by atoms with Crippen LogP contribution in [0.5, 0.6) is 0 Å². The first-order chi connectivity index (χ1) is 8.49. The Bertz CT molecular complexity index is 322. The van der Waals surface area contributed by atoms with Crippen LogP contribution in [-0.2, 0) is 4.79 Å². The van der Waals surface area contributed by atoms with Gasteiger partial charge in [-0.25, -0.2) is 0 Å². The highest BCUT2D eigenvalue weighted by Gasteiger charge is 2.30. The van der Waals surface area contributed by atoms with Gasteiger partial charge in [-0.05, 0) is 32.7 Å². The van der Waals surface area contributed by atoms with Crippen LogP contribution in [0.1, 0.15) is 40.0 Å². The first-order valence-electron chi connectivity index (χ1n) is 6.74. The van der Waals surface area contributed by atoms with Gasteiger partial charge in [-0.15, -0.1) is 6.42 Å². The number of hydrogen-bond donors (Lipinski definition) is 3. The molecule has 0 aromatic rings. The number of hydrogen-bond acceptors (Lipinski definition) is 3. The molecule has 1 aliphatic rings. The van der Waals surface area contributed by atoms with E-state index in [0.717, 1.165) is 32.4 Å². The van der Waals surface area contributed by atoms with E-state index in [-0.39, 0.29) is 11.4 Å². The van der Waals surface area contributed by atoms with Gasteiger partial charge in [-0.1, -0.05) is 19.8 Å². The molecule has 1 atom stereocenters. The van der Waals surface area contributed by atoms with Gasteiger partial charge in [0, 0.05) is 12.1 Å². The fourth-order valence-corrected chi connectivity index (χ4v) is 2.24. The van der Waals surface area contributed by atoms with Crippen LogP contribution in [0.2, 0.25) is 0 Å². The van der Waals surface area contributed by atoms with E-state index in [2.05, 4.69) is 28.8 Å². The molecule has 3 N–H and O–H groups in total. The predicted octanol–water partition coefficient (Wildman–Crippen LogP) is 0.636. The van der Waals surface area contributed by atoms with Crippen molar-refractivity contribution >= 4 is 5.91 Å². The van der Waals surface area contributed by atoms with E-state index in [0.29, 0.717) is 6.54 Å². The van der Waals surface area contributed by atoms with E-state index >= 15 is 0 Å². The highest BCUT2D eigenvalue weighted by Crippen LogP contribution is 2.14. The van der Waals surface area contributed by atoms with Crippen LogP contribution in [0.15, 0.2) is 0 Å². The van der Waals surface area contributed by atoms with Gasteiger partial charge in [0.25, 0.3) is 0 Å². The smallest absolute Gasteiger partial charge is 0.235 e. The summed E-state index contributed by atoms with van der Waals surface area (Å²) in [6.45, 7) is 8.36. The molecule has 1 rings (SSSR count). The van der Waals surface area contributed by atoms with E-state index in [1.165, 1.54) is 0 Å². The van der Waals surface area contributed by atoms with Gasteiger partial charge in [0.05, 0.1) is 6.54 Å². The molecule has 0 saturated carbocycles. The zero-order valence-electron chi connectivity index (χ0n) is 11.7. The molecule has 102 valence electrons. The third-order valence-corrected chi connectivity index (χ3v) is 3.91. The Balaban J connectivity index is 2.44. The minimum Gasteiger partial charge on any atom is -0.339 e. The van der Waals surface area contributed by atoms with Crippen LogP contribution in [0.25, 0.3) is 0 Å². The Morgan fingerprint density at radius 2 is 2.17 bits per heavy atom. The molecule has 18 heavy (non-hydrogen) atoms. The molecule has 4 heteroatoms. The van der Waals surface area contributed by atoms with Crippen LogP contribution in [0.3, 0.4) is 0 Å². The minimum absolute atomic E-state index is 0.0224. The second kappa shape index (κ2) is 6.21. The molecule has 0 aliphatic carbocycles. The van der Waals surface area contributed by atoms with E-state index in [4.69, 9.17) is 6.42 Å². The first kappa shape index (κ1) is 15.0. The zero-order valence-corrected chi connectivity index (χ0v) is 11.7. The van der Waals surface area contributed by atoms with Crippen LogP contribution < -0.4 is 16.0 Å². The summed E-state index contributed by atoms with van der Waals surface area (Å²) in [5, 5.41) is 9.56. The molecule has 0 aromatic carbocycles. The molecule has 1 fully saturated rings. The maximum atomic E-state index is 11.9. The summed E-state index contributed by atoms with van der Waals surface area (Å²) in [5.74, 6) is 2.69. The number of terminal acetylenes is 1. The normalized spacial score (nSPS) is 23.7. The topological polar surface area (TPSA) is 53.2 Å². The molecular weight excluding hydrogens is 226 g/mol. The Morgan fingerprint density at radius 3 is 2.61 bits per heavy atom. The summed E-state index contributed by atoms with van der Waals surface area (Å²) in [5.41, 5.74) is -0.470. The maximum Gasteiger partial charge on any atom is 0.235 e. The van der Waals surface area contributed by atoms with Gasteiger partial charge in [-0.2, -0.15) is 0 Å². The summed E-state index contributed by atoms with van der Waals surface area (Å²) >= 11 is 0. The van der Waals surface area contributed by atoms with Crippen molar-refractivity contribution in [2.24, 2.45) is 0 Å². The van der Waals surface area contributed by atoms with Crippen molar-refractivity contribution in [1.82, 2.24) is 16.0 Å². The molecule has 1 saturated heterocycles. The van der Waals surface area contributed by atoms with Crippen molar-refractivity contribution in [3.8, 4) is 12.3 Å².